The second-order valence-electron chi connectivity index (χ2n) is 6.15. The van der Waals surface area contributed by atoms with Gasteiger partial charge in [-0.3, -0.25) is 4.90 Å². The highest BCUT2D eigenvalue weighted by atomic mass is 16.3. The molecule has 1 aliphatic heterocycles. The molecule has 0 aromatic heterocycles. The topological polar surface area (TPSA) is 35.5 Å². The van der Waals surface area contributed by atoms with E-state index in [9.17, 15) is 5.11 Å². The number of rotatable bonds is 3. The van der Waals surface area contributed by atoms with Crippen LogP contribution in [-0.2, 0) is 6.54 Å². The van der Waals surface area contributed by atoms with Gasteiger partial charge in [0.15, 0.2) is 0 Å². The number of nitrogens with zero attached hydrogens (tertiary/aromatic N) is 1. The van der Waals surface area contributed by atoms with Crippen LogP contribution in [0.4, 0.5) is 0 Å². The summed E-state index contributed by atoms with van der Waals surface area (Å²) in [4.78, 5) is 2.41. The van der Waals surface area contributed by atoms with Crippen LogP contribution in [0.15, 0.2) is 54.1 Å². The molecule has 0 unspecified atom stereocenters. The molecule has 1 aliphatic carbocycles. The summed E-state index contributed by atoms with van der Waals surface area (Å²) in [5.41, 5.74) is 1.78. The van der Waals surface area contributed by atoms with E-state index < -0.39 is 5.60 Å². The first-order valence-corrected chi connectivity index (χ1v) is 7.74. The monoisotopic (exact) mass is 284 g/mol. The van der Waals surface area contributed by atoms with Gasteiger partial charge in [0.25, 0.3) is 0 Å². The SMILES string of the molecule is CC1=CC[C@](O)([C@H]2CNCCN2Cc2ccccc2)C=C1. The molecule has 112 valence electrons. The number of allylic oxidation sites excluding steroid dienone is 2. The van der Waals surface area contributed by atoms with Crippen molar-refractivity contribution in [3.63, 3.8) is 0 Å². The van der Waals surface area contributed by atoms with Crippen molar-refractivity contribution in [2.45, 2.75) is 31.5 Å². The lowest BCUT2D eigenvalue weighted by Crippen LogP contribution is -2.61. The van der Waals surface area contributed by atoms with Crippen LogP contribution < -0.4 is 5.32 Å². The van der Waals surface area contributed by atoms with Gasteiger partial charge in [-0.05, 0) is 18.9 Å². The highest BCUT2D eigenvalue weighted by molar-refractivity contribution is 5.28. The zero-order valence-corrected chi connectivity index (χ0v) is 12.6. The Kier molecular flexibility index (Phi) is 4.24. The molecule has 1 aromatic carbocycles. The van der Waals surface area contributed by atoms with Crippen LogP contribution in [0.5, 0.6) is 0 Å². The van der Waals surface area contributed by atoms with Crippen molar-refractivity contribution < 1.29 is 5.11 Å². The summed E-state index contributed by atoms with van der Waals surface area (Å²) >= 11 is 0. The first-order chi connectivity index (χ1) is 10.2. The van der Waals surface area contributed by atoms with E-state index in [-0.39, 0.29) is 6.04 Å². The summed E-state index contributed by atoms with van der Waals surface area (Å²) in [7, 11) is 0. The van der Waals surface area contributed by atoms with Gasteiger partial charge in [-0.25, -0.2) is 0 Å². The Morgan fingerprint density at radius 1 is 1.33 bits per heavy atom. The Morgan fingerprint density at radius 2 is 2.14 bits per heavy atom. The van der Waals surface area contributed by atoms with Crippen molar-refractivity contribution in [1.82, 2.24) is 10.2 Å². The molecule has 0 saturated carbocycles. The Balaban J connectivity index is 1.77. The normalized spacial score (nSPS) is 30.2. The maximum atomic E-state index is 11.0. The molecule has 2 N–H and O–H groups in total. The minimum absolute atomic E-state index is 0.118. The molecule has 3 nitrogen and oxygen atoms in total. The summed E-state index contributed by atoms with van der Waals surface area (Å²) in [5.74, 6) is 0. The number of hydrogen-bond acceptors (Lipinski definition) is 3. The fourth-order valence-electron chi connectivity index (χ4n) is 3.23. The lowest BCUT2D eigenvalue weighted by molar-refractivity contribution is -0.0237. The summed E-state index contributed by atoms with van der Waals surface area (Å²) < 4.78 is 0. The van der Waals surface area contributed by atoms with Gasteiger partial charge in [-0.1, -0.05) is 54.1 Å². The van der Waals surface area contributed by atoms with Crippen molar-refractivity contribution in [2.75, 3.05) is 19.6 Å². The Labute approximate surface area is 127 Å². The van der Waals surface area contributed by atoms with E-state index in [0.29, 0.717) is 6.42 Å². The van der Waals surface area contributed by atoms with Crippen LogP contribution in [0.1, 0.15) is 18.9 Å². The van der Waals surface area contributed by atoms with Crippen LogP contribution >= 0.6 is 0 Å². The van der Waals surface area contributed by atoms with E-state index in [1.165, 1.54) is 11.1 Å². The molecule has 0 bridgehead atoms. The molecule has 2 atom stereocenters. The van der Waals surface area contributed by atoms with Gasteiger partial charge in [-0.2, -0.15) is 0 Å². The second-order valence-corrected chi connectivity index (χ2v) is 6.15. The Bertz CT molecular complexity index is 537. The van der Waals surface area contributed by atoms with Crippen LogP contribution in [0.25, 0.3) is 0 Å². The minimum atomic E-state index is -0.762. The molecule has 0 radical (unpaired) electrons. The molecule has 1 aromatic rings. The first-order valence-electron chi connectivity index (χ1n) is 7.74. The lowest BCUT2D eigenvalue weighted by atomic mass is 9.83. The standard InChI is InChI=1S/C18H24N2O/c1-15-7-9-18(21,10-8-15)17-13-19-11-12-20(17)14-16-5-3-2-4-6-16/h2-9,17,19,21H,10-14H2,1H3/t17-,18+/m1/s1. The highest BCUT2D eigenvalue weighted by Gasteiger charge is 2.39. The largest absolute Gasteiger partial charge is 0.384 e. The zero-order valence-electron chi connectivity index (χ0n) is 12.6. The van der Waals surface area contributed by atoms with Crippen LogP contribution in [-0.4, -0.2) is 41.3 Å². The molecule has 0 spiro atoms. The van der Waals surface area contributed by atoms with Gasteiger partial charge in [0, 0.05) is 26.2 Å². The molecule has 1 fully saturated rings. The number of piperazine rings is 1. The molecule has 3 rings (SSSR count). The predicted octanol–water partition coefficient (Wildman–Crippen LogP) is 2.10. The van der Waals surface area contributed by atoms with E-state index in [2.05, 4.69) is 47.5 Å². The minimum Gasteiger partial charge on any atom is -0.384 e. The molecule has 2 aliphatic rings. The zero-order chi connectivity index (χ0) is 14.7. The third-order valence-electron chi connectivity index (χ3n) is 4.55. The van der Waals surface area contributed by atoms with Crippen molar-refractivity contribution in [3.8, 4) is 0 Å². The summed E-state index contributed by atoms with van der Waals surface area (Å²) in [6.07, 6.45) is 6.86. The number of nitrogens with one attached hydrogen (secondary N) is 1. The van der Waals surface area contributed by atoms with Crippen molar-refractivity contribution >= 4 is 0 Å². The Morgan fingerprint density at radius 3 is 2.86 bits per heavy atom. The molecular weight excluding hydrogens is 260 g/mol. The lowest BCUT2D eigenvalue weighted by Gasteiger charge is -2.45. The van der Waals surface area contributed by atoms with E-state index >= 15 is 0 Å². The van der Waals surface area contributed by atoms with E-state index in [0.717, 1.165) is 26.2 Å². The van der Waals surface area contributed by atoms with Crippen molar-refractivity contribution in [3.05, 3.63) is 59.7 Å². The second kappa shape index (κ2) is 6.14. The van der Waals surface area contributed by atoms with Crippen LogP contribution in [0, 0.1) is 0 Å². The quantitative estimate of drug-likeness (QED) is 0.892. The van der Waals surface area contributed by atoms with Gasteiger partial charge in [-0.15, -0.1) is 0 Å². The van der Waals surface area contributed by atoms with E-state index in [1.54, 1.807) is 0 Å². The summed E-state index contributed by atoms with van der Waals surface area (Å²) in [6, 6.07) is 10.6. The van der Waals surface area contributed by atoms with Crippen molar-refractivity contribution in [2.24, 2.45) is 0 Å². The number of aliphatic hydroxyl groups is 1. The average Bonchev–Trinajstić information content (AvgIpc) is 2.52. The van der Waals surface area contributed by atoms with Crippen LogP contribution in [0.2, 0.25) is 0 Å². The number of hydrogen-bond donors (Lipinski definition) is 2. The number of benzene rings is 1. The third kappa shape index (κ3) is 3.26. The molecule has 1 heterocycles. The molecule has 1 saturated heterocycles. The van der Waals surface area contributed by atoms with E-state index in [4.69, 9.17) is 0 Å². The van der Waals surface area contributed by atoms with Crippen molar-refractivity contribution in [1.29, 1.82) is 0 Å². The molecule has 3 heteroatoms. The van der Waals surface area contributed by atoms with Gasteiger partial charge in [0.05, 0.1) is 6.04 Å². The van der Waals surface area contributed by atoms with Gasteiger partial charge in [0.1, 0.15) is 5.60 Å². The summed E-state index contributed by atoms with van der Waals surface area (Å²) in [6.45, 7) is 5.76. The van der Waals surface area contributed by atoms with Gasteiger partial charge < -0.3 is 10.4 Å². The maximum Gasteiger partial charge on any atom is 0.103 e. The third-order valence-corrected chi connectivity index (χ3v) is 4.55. The first kappa shape index (κ1) is 14.5. The fourth-order valence-corrected chi connectivity index (χ4v) is 3.23. The molecule has 0 amide bonds. The smallest absolute Gasteiger partial charge is 0.103 e. The summed E-state index contributed by atoms with van der Waals surface area (Å²) in [5, 5.41) is 14.5. The molecule has 21 heavy (non-hydrogen) atoms. The predicted molar refractivity (Wildman–Crippen MR) is 86.0 cm³/mol. The van der Waals surface area contributed by atoms with Gasteiger partial charge >= 0.3 is 0 Å². The molecular formula is C18H24N2O. The Hall–Kier alpha value is -1.42. The average molecular weight is 284 g/mol. The van der Waals surface area contributed by atoms with E-state index in [1.807, 2.05) is 18.2 Å². The maximum absolute atomic E-state index is 11.0. The highest BCUT2D eigenvalue weighted by Crippen LogP contribution is 2.29. The fraction of sp³-hybridized carbons (Fsp3) is 0.444. The van der Waals surface area contributed by atoms with Crippen LogP contribution in [0.3, 0.4) is 0 Å². The van der Waals surface area contributed by atoms with Gasteiger partial charge in [0.2, 0.25) is 0 Å².